The summed E-state index contributed by atoms with van der Waals surface area (Å²) in [6.45, 7) is 5.80. The number of aromatic nitrogens is 3. The molecule has 0 bridgehead atoms. The van der Waals surface area contributed by atoms with Crippen molar-refractivity contribution in [3.63, 3.8) is 0 Å². The van der Waals surface area contributed by atoms with Gasteiger partial charge in [-0.25, -0.2) is 4.68 Å². The molecule has 10 heteroatoms. The van der Waals surface area contributed by atoms with Crippen LogP contribution >= 0.6 is 18.9 Å². The van der Waals surface area contributed by atoms with Crippen LogP contribution in [0.5, 0.6) is 11.8 Å². The fraction of sp³-hybridized carbons (Fsp3) is 0.240. The molecule has 5 rings (SSSR count). The number of benzene rings is 2. The van der Waals surface area contributed by atoms with Crippen LogP contribution in [0.1, 0.15) is 42.1 Å². The number of hydrogen-bond donors (Lipinski definition) is 1. The molecule has 2 aromatic carbocycles. The third kappa shape index (κ3) is 4.15. The van der Waals surface area contributed by atoms with Crippen LogP contribution in [-0.2, 0) is 13.6 Å². The second-order valence-corrected chi connectivity index (χ2v) is 11.1. The van der Waals surface area contributed by atoms with Crippen molar-refractivity contribution in [3.05, 3.63) is 87.7 Å². The molecule has 1 atom stereocenters. The Balaban J connectivity index is 1.76. The third-order valence-electron chi connectivity index (χ3n) is 5.66. The number of hydrogen-bond acceptors (Lipinski definition) is 8. The number of fused-ring (bicyclic) bond motifs is 2. The molecule has 0 spiro atoms. The SMILES string of the molecule is CCOP(=O)(OCC)c1nc2c(c(=N)s1)C(c1ccccc1)c1c(C)nn(-c3ccccc3)c1O2. The standard InChI is InChI=1S/C25H25N4O4PS/c1-4-31-34(30,32-5-2)25-27-23-21(22(26)35-25)20(17-12-8-6-9-13-17)19-16(3)28-29(24(19)33-23)18-14-10-7-11-15-18/h6-15,20,26H,4-5H2,1-3H3. The first kappa shape index (κ1) is 23.6. The molecule has 1 aliphatic rings. The molecule has 1 aliphatic heterocycles. The van der Waals surface area contributed by atoms with Gasteiger partial charge in [0, 0.05) is 5.92 Å². The summed E-state index contributed by atoms with van der Waals surface area (Å²) in [5.41, 5.74) is 4.10. The highest BCUT2D eigenvalue weighted by molar-refractivity contribution is 7.68. The van der Waals surface area contributed by atoms with Gasteiger partial charge in [0.15, 0.2) is 0 Å². The highest BCUT2D eigenvalue weighted by atomic mass is 32.1. The maximum absolute atomic E-state index is 13.5. The first-order chi connectivity index (χ1) is 17.0. The Hall–Kier alpha value is -3.10. The Kier molecular flexibility index (Phi) is 6.42. The smallest absolute Gasteiger partial charge is 0.389 e. The summed E-state index contributed by atoms with van der Waals surface area (Å²) in [5, 5.41) is 13.7. The number of para-hydroxylation sites is 1. The summed E-state index contributed by atoms with van der Waals surface area (Å²) in [6, 6.07) is 19.6. The van der Waals surface area contributed by atoms with E-state index in [1.54, 1.807) is 18.5 Å². The van der Waals surface area contributed by atoms with Crippen LogP contribution in [0, 0.1) is 12.3 Å². The van der Waals surface area contributed by atoms with Gasteiger partial charge in [-0.2, -0.15) is 10.1 Å². The molecule has 0 aliphatic carbocycles. The van der Waals surface area contributed by atoms with Crippen LogP contribution in [0.15, 0.2) is 60.7 Å². The third-order valence-corrected chi connectivity index (χ3v) is 9.07. The van der Waals surface area contributed by atoms with Gasteiger partial charge < -0.3 is 13.8 Å². The zero-order chi connectivity index (χ0) is 24.6. The summed E-state index contributed by atoms with van der Waals surface area (Å²) in [6.07, 6.45) is 0. The number of rotatable bonds is 7. The Morgan fingerprint density at radius 3 is 2.29 bits per heavy atom. The lowest BCUT2D eigenvalue weighted by Crippen LogP contribution is -2.26. The van der Waals surface area contributed by atoms with E-state index >= 15 is 0 Å². The lowest BCUT2D eigenvalue weighted by Gasteiger charge is -2.27. The number of aryl methyl sites for hydroxylation is 1. The highest BCUT2D eigenvalue weighted by Gasteiger charge is 2.39. The average Bonchev–Trinajstić information content (AvgIpc) is 3.20. The molecule has 0 saturated carbocycles. The minimum atomic E-state index is -3.70. The molecule has 0 amide bonds. The molecule has 4 aromatic rings. The molecule has 0 radical (unpaired) electrons. The molecular formula is C25H25N4O4PS. The van der Waals surface area contributed by atoms with Gasteiger partial charge in [0.1, 0.15) is 4.67 Å². The van der Waals surface area contributed by atoms with Gasteiger partial charge in [0.25, 0.3) is 0 Å². The molecule has 1 unspecified atom stereocenters. The van der Waals surface area contributed by atoms with Crippen LogP contribution in [0.25, 0.3) is 5.69 Å². The summed E-state index contributed by atoms with van der Waals surface area (Å²) in [4.78, 5) is 4.62. The summed E-state index contributed by atoms with van der Waals surface area (Å²) < 4.78 is 32.9. The first-order valence-electron chi connectivity index (χ1n) is 11.3. The Bertz CT molecular complexity index is 1460. The predicted octanol–water partition coefficient (Wildman–Crippen LogP) is 5.29. The van der Waals surface area contributed by atoms with Crippen molar-refractivity contribution in [2.45, 2.75) is 26.7 Å². The zero-order valence-corrected chi connectivity index (χ0v) is 21.3. The Morgan fingerprint density at radius 2 is 1.66 bits per heavy atom. The molecule has 2 aromatic heterocycles. The predicted molar refractivity (Wildman–Crippen MR) is 134 cm³/mol. The van der Waals surface area contributed by atoms with Crippen LogP contribution < -0.4 is 14.2 Å². The van der Waals surface area contributed by atoms with E-state index < -0.39 is 7.60 Å². The van der Waals surface area contributed by atoms with Crippen LogP contribution in [-0.4, -0.2) is 28.0 Å². The van der Waals surface area contributed by atoms with Crippen molar-refractivity contribution in [3.8, 4) is 17.4 Å². The van der Waals surface area contributed by atoms with E-state index in [1.165, 1.54) is 0 Å². The lowest BCUT2D eigenvalue weighted by atomic mass is 9.85. The minimum Gasteiger partial charge on any atom is -0.420 e. The molecule has 3 heterocycles. The van der Waals surface area contributed by atoms with Crippen molar-refractivity contribution >= 4 is 23.7 Å². The largest absolute Gasteiger partial charge is 0.420 e. The first-order valence-corrected chi connectivity index (χ1v) is 13.7. The average molecular weight is 509 g/mol. The molecule has 35 heavy (non-hydrogen) atoms. The van der Waals surface area contributed by atoms with E-state index in [0.29, 0.717) is 11.4 Å². The van der Waals surface area contributed by atoms with Gasteiger partial charge in [-0.3, -0.25) is 9.97 Å². The second-order valence-electron chi connectivity index (χ2n) is 7.87. The minimum absolute atomic E-state index is 0.0997. The number of ether oxygens (including phenoxy) is 1. The summed E-state index contributed by atoms with van der Waals surface area (Å²) >= 11 is 0.996. The van der Waals surface area contributed by atoms with Crippen molar-refractivity contribution < 1.29 is 18.3 Å². The fourth-order valence-electron chi connectivity index (χ4n) is 4.26. The molecule has 0 fully saturated rings. The van der Waals surface area contributed by atoms with Gasteiger partial charge in [-0.15, -0.1) is 0 Å². The Morgan fingerprint density at radius 1 is 1.03 bits per heavy atom. The van der Waals surface area contributed by atoms with Crippen LogP contribution in [0.3, 0.4) is 0 Å². The van der Waals surface area contributed by atoms with Crippen molar-refractivity contribution in [2.24, 2.45) is 0 Å². The van der Waals surface area contributed by atoms with Gasteiger partial charge in [-0.05, 0) is 38.5 Å². The van der Waals surface area contributed by atoms with Gasteiger partial charge >= 0.3 is 7.60 Å². The van der Waals surface area contributed by atoms with Crippen LogP contribution in [0.4, 0.5) is 0 Å². The molecule has 1 N–H and O–H groups in total. The second kappa shape index (κ2) is 9.51. The molecule has 0 saturated heterocycles. The maximum Gasteiger partial charge on any atom is 0.389 e. The van der Waals surface area contributed by atoms with E-state index in [2.05, 4.69) is 4.98 Å². The van der Waals surface area contributed by atoms with Gasteiger partial charge in [-0.1, -0.05) is 59.9 Å². The molecular weight excluding hydrogens is 483 g/mol. The van der Waals surface area contributed by atoms with Gasteiger partial charge in [0.2, 0.25) is 16.5 Å². The number of nitrogens with one attached hydrogen (secondary N) is 1. The molecule has 8 nitrogen and oxygen atoms in total. The fourth-order valence-corrected chi connectivity index (χ4v) is 7.11. The molecule has 180 valence electrons. The highest BCUT2D eigenvalue weighted by Crippen LogP contribution is 2.50. The summed E-state index contributed by atoms with van der Waals surface area (Å²) in [5.74, 6) is 0.407. The van der Waals surface area contributed by atoms with E-state index in [0.717, 1.165) is 33.8 Å². The van der Waals surface area contributed by atoms with Crippen molar-refractivity contribution in [2.75, 3.05) is 13.2 Å². The number of nitrogens with zero attached hydrogens (tertiary/aromatic N) is 3. The van der Waals surface area contributed by atoms with E-state index in [4.69, 9.17) is 24.3 Å². The van der Waals surface area contributed by atoms with E-state index in [9.17, 15) is 4.57 Å². The van der Waals surface area contributed by atoms with E-state index in [1.807, 2.05) is 67.6 Å². The zero-order valence-electron chi connectivity index (χ0n) is 19.6. The Labute approximate surface area is 207 Å². The monoisotopic (exact) mass is 508 g/mol. The quantitative estimate of drug-likeness (QED) is 0.300. The lowest BCUT2D eigenvalue weighted by molar-refractivity contribution is 0.229. The maximum atomic E-state index is 13.5. The topological polar surface area (TPSA) is 99.3 Å². The van der Waals surface area contributed by atoms with Crippen LogP contribution in [0.2, 0.25) is 0 Å². The van der Waals surface area contributed by atoms with Gasteiger partial charge in [0.05, 0.1) is 35.7 Å². The summed E-state index contributed by atoms with van der Waals surface area (Å²) in [7, 11) is -3.70. The van der Waals surface area contributed by atoms with E-state index in [-0.39, 0.29) is 34.4 Å². The normalized spacial score (nSPS) is 14.8. The van der Waals surface area contributed by atoms with Crippen molar-refractivity contribution in [1.82, 2.24) is 14.8 Å². The van der Waals surface area contributed by atoms with Crippen molar-refractivity contribution in [1.29, 1.82) is 5.41 Å².